The summed E-state index contributed by atoms with van der Waals surface area (Å²) in [6, 6.07) is 4.48. The minimum absolute atomic E-state index is 0.0128. The third-order valence-corrected chi connectivity index (χ3v) is 4.48. The summed E-state index contributed by atoms with van der Waals surface area (Å²) >= 11 is 0. The fraction of sp³-hybridized carbons (Fsp3) is 0.529. The average molecular weight is 320 g/mol. The first-order valence-electron chi connectivity index (χ1n) is 8.08. The Balaban J connectivity index is 1.67. The summed E-state index contributed by atoms with van der Waals surface area (Å²) in [5.41, 5.74) is 0.880. The van der Waals surface area contributed by atoms with E-state index in [0.717, 1.165) is 12.8 Å². The quantitative estimate of drug-likeness (QED) is 0.866. The van der Waals surface area contributed by atoms with Crippen LogP contribution in [0.1, 0.15) is 25.3 Å². The number of morpholine rings is 1. The number of ether oxygens (including phenoxy) is 1. The van der Waals surface area contributed by atoms with Crippen LogP contribution in [-0.2, 0) is 20.7 Å². The van der Waals surface area contributed by atoms with Gasteiger partial charge in [-0.05, 0) is 42.9 Å². The van der Waals surface area contributed by atoms with Crippen molar-refractivity contribution in [3.63, 3.8) is 0 Å². The highest BCUT2D eigenvalue weighted by Gasteiger charge is 2.40. The Hall–Kier alpha value is -1.95. The van der Waals surface area contributed by atoms with Crippen molar-refractivity contribution in [2.75, 3.05) is 25.1 Å². The first-order valence-corrected chi connectivity index (χ1v) is 8.08. The molecular formula is C17H21FN2O3. The van der Waals surface area contributed by atoms with E-state index < -0.39 is 11.8 Å². The summed E-state index contributed by atoms with van der Waals surface area (Å²) in [5.74, 6) is -1.22. The number of aryl methyl sites for hydroxylation is 1. The first kappa shape index (κ1) is 15.9. The smallest absolute Gasteiger partial charge is 0.313 e. The maximum absolute atomic E-state index is 13.8. The van der Waals surface area contributed by atoms with Crippen LogP contribution < -0.4 is 5.32 Å². The number of hydrogen-bond donors (Lipinski definition) is 1. The van der Waals surface area contributed by atoms with Crippen molar-refractivity contribution in [2.45, 2.75) is 32.2 Å². The van der Waals surface area contributed by atoms with Crippen LogP contribution in [0, 0.1) is 11.7 Å². The number of rotatable bonds is 3. The van der Waals surface area contributed by atoms with E-state index in [-0.39, 0.29) is 11.9 Å². The molecule has 0 bridgehead atoms. The molecule has 0 spiro atoms. The Kier molecular flexibility index (Phi) is 4.61. The van der Waals surface area contributed by atoms with E-state index >= 15 is 0 Å². The molecule has 1 heterocycles. The second kappa shape index (κ2) is 6.66. The van der Waals surface area contributed by atoms with E-state index in [1.165, 1.54) is 6.07 Å². The minimum Gasteiger partial charge on any atom is -0.377 e. The molecule has 0 unspecified atom stereocenters. The number of anilines is 1. The summed E-state index contributed by atoms with van der Waals surface area (Å²) < 4.78 is 19.2. The third kappa shape index (κ3) is 3.52. The highest BCUT2D eigenvalue weighted by atomic mass is 19.1. The van der Waals surface area contributed by atoms with Gasteiger partial charge >= 0.3 is 11.8 Å². The van der Waals surface area contributed by atoms with Gasteiger partial charge in [0.25, 0.3) is 0 Å². The van der Waals surface area contributed by atoms with Crippen LogP contribution in [0.2, 0.25) is 0 Å². The molecule has 23 heavy (non-hydrogen) atoms. The molecule has 0 radical (unpaired) electrons. The van der Waals surface area contributed by atoms with Crippen LogP contribution in [-0.4, -0.2) is 42.5 Å². The standard InChI is InChI=1S/C17H21FN2O3/c1-2-11-5-6-13(9-14(11)18)19-16(21)17(22)20-7-8-23-10-15(20)12-3-4-12/h5-6,9,12,15H,2-4,7-8,10H2,1H3,(H,19,21)/t15-/m0/s1. The number of amides is 2. The van der Waals surface area contributed by atoms with Gasteiger partial charge in [-0.1, -0.05) is 13.0 Å². The normalized spacial score (nSPS) is 21.1. The van der Waals surface area contributed by atoms with Crippen molar-refractivity contribution in [1.29, 1.82) is 0 Å². The molecule has 1 N–H and O–H groups in total. The van der Waals surface area contributed by atoms with Gasteiger partial charge in [-0.25, -0.2) is 4.39 Å². The van der Waals surface area contributed by atoms with Gasteiger partial charge in [-0.3, -0.25) is 9.59 Å². The van der Waals surface area contributed by atoms with E-state index in [4.69, 9.17) is 4.74 Å². The molecule has 1 aromatic rings. The molecule has 1 atom stereocenters. The lowest BCUT2D eigenvalue weighted by Crippen LogP contribution is -2.53. The number of nitrogens with zero attached hydrogens (tertiary/aromatic N) is 1. The number of nitrogens with one attached hydrogen (secondary N) is 1. The van der Waals surface area contributed by atoms with Crippen LogP contribution in [0.4, 0.5) is 10.1 Å². The monoisotopic (exact) mass is 320 g/mol. The lowest BCUT2D eigenvalue weighted by Gasteiger charge is -2.35. The van der Waals surface area contributed by atoms with Crippen LogP contribution in [0.25, 0.3) is 0 Å². The van der Waals surface area contributed by atoms with E-state index in [0.29, 0.717) is 43.3 Å². The summed E-state index contributed by atoms with van der Waals surface area (Å²) in [4.78, 5) is 26.2. The van der Waals surface area contributed by atoms with Crippen LogP contribution >= 0.6 is 0 Å². The predicted molar refractivity (Wildman–Crippen MR) is 83.5 cm³/mol. The lowest BCUT2D eigenvalue weighted by atomic mass is 10.1. The minimum atomic E-state index is -0.721. The predicted octanol–water partition coefficient (Wildman–Crippen LogP) is 1.96. The fourth-order valence-corrected chi connectivity index (χ4v) is 2.97. The fourth-order valence-electron chi connectivity index (χ4n) is 2.97. The SMILES string of the molecule is CCc1ccc(NC(=O)C(=O)N2CCOC[C@H]2C2CC2)cc1F. The maximum atomic E-state index is 13.8. The van der Waals surface area contributed by atoms with Gasteiger partial charge in [0.05, 0.1) is 19.3 Å². The Bertz CT molecular complexity index is 616. The van der Waals surface area contributed by atoms with Crippen molar-refractivity contribution in [3.05, 3.63) is 29.6 Å². The topological polar surface area (TPSA) is 58.6 Å². The largest absolute Gasteiger partial charge is 0.377 e. The van der Waals surface area contributed by atoms with Gasteiger partial charge in [0.1, 0.15) is 5.82 Å². The number of hydrogen-bond acceptors (Lipinski definition) is 3. The Morgan fingerprint density at radius 2 is 2.17 bits per heavy atom. The molecule has 124 valence electrons. The van der Waals surface area contributed by atoms with Crippen LogP contribution in [0.5, 0.6) is 0 Å². The Morgan fingerprint density at radius 1 is 1.39 bits per heavy atom. The average Bonchev–Trinajstić information content (AvgIpc) is 3.39. The van der Waals surface area contributed by atoms with Crippen LogP contribution in [0.3, 0.4) is 0 Å². The molecule has 2 amide bonds. The second-order valence-corrected chi connectivity index (χ2v) is 6.09. The Morgan fingerprint density at radius 3 is 2.83 bits per heavy atom. The molecule has 2 aliphatic rings. The summed E-state index contributed by atoms with van der Waals surface area (Å²) in [6.45, 7) is 3.22. The number of halogens is 1. The van der Waals surface area contributed by atoms with Gasteiger partial charge < -0.3 is 15.0 Å². The van der Waals surface area contributed by atoms with Gasteiger partial charge in [0, 0.05) is 12.2 Å². The van der Waals surface area contributed by atoms with Gasteiger partial charge in [0.15, 0.2) is 0 Å². The molecule has 0 aromatic heterocycles. The van der Waals surface area contributed by atoms with E-state index in [9.17, 15) is 14.0 Å². The highest BCUT2D eigenvalue weighted by molar-refractivity contribution is 6.39. The first-order chi connectivity index (χ1) is 11.1. The summed E-state index contributed by atoms with van der Waals surface area (Å²) in [5, 5.41) is 2.50. The molecule has 1 aliphatic heterocycles. The number of carbonyl (C=O) groups excluding carboxylic acids is 2. The number of carbonyl (C=O) groups is 2. The highest BCUT2D eigenvalue weighted by Crippen LogP contribution is 2.36. The molecule has 6 heteroatoms. The second-order valence-electron chi connectivity index (χ2n) is 6.09. The molecule has 3 rings (SSSR count). The maximum Gasteiger partial charge on any atom is 0.313 e. The van der Waals surface area contributed by atoms with Crippen molar-refractivity contribution < 1.29 is 18.7 Å². The molecule has 1 aliphatic carbocycles. The molecule has 1 aromatic carbocycles. The molecule has 2 fully saturated rings. The van der Waals surface area contributed by atoms with Crippen molar-refractivity contribution >= 4 is 17.5 Å². The lowest BCUT2D eigenvalue weighted by molar-refractivity contribution is -0.149. The Labute approximate surface area is 134 Å². The number of benzene rings is 1. The molecule has 1 saturated carbocycles. The van der Waals surface area contributed by atoms with E-state index in [1.54, 1.807) is 17.0 Å². The third-order valence-electron chi connectivity index (χ3n) is 4.48. The van der Waals surface area contributed by atoms with E-state index in [2.05, 4.69) is 5.32 Å². The van der Waals surface area contributed by atoms with Gasteiger partial charge in [-0.15, -0.1) is 0 Å². The summed E-state index contributed by atoms with van der Waals surface area (Å²) in [6.07, 6.45) is 2.72. The van der Waals surface area contributed by atoms with Crippen molar-refractivity contribution in [3.8, 4) is 0 Å². The zero-order valence-electron chi connectivity index (χ0n) is 13.2. The van der Waals surface area contributed by atoms with Gasteiger partial charge in [0.2, 0.25) is 0 Å². The van der Waals surface area contributed by atoms with Crippen LogP contribution in [0.15, 0.2) is 18.2 Å². The molecule has 5 nitrogen and oxygen atoms in total. The van der Waals surface area contributed by atoms with Gasteiger partial charge in [-0.2, -0.15) is 0 Å². The van der Waals surface area contributed by atoms with Crippen molar-refractivity contribution in [2.24, 2.45) is 5.92 Å². The van der Waals surface area contributed by atoms with Crippen molar-refractivity contribution in [1.82, 2.24) is 4.90 Å². The zero-order chi connectivity index (χ0) is 16.4. The summed E-state index contributed by atoms with van der Waals surface area (Å²) in [7, 11) is 0. The zero-order valence-corrected chi connectivity index (χ0v) is 13.2. The van der Waals surface area contributed by atoms with E-state index in [1.807, 2.05) is 6.92 Å². The molecular weight excluding hydrogens is 299 g/mol. The molecule has 1 saturated heterocycles.